The van der Waals surface area contributed by atoms with Gasteiger partial charge in [0, 0.05) is 24.0 Å². The Bertz CT molecular complexity index is 287. The van der Waals surface area contributed by atoms with E-state index in [0.29, 0.717) is 6.04 Å². The summed E-state index contributed by atoms with van der Waals surface area (Å²) >= 11 is 1.83. The summed E-state index contributed by atoms with van der Waals surface area (Å²) < 4.78 is 0. The van der Waals surface area contributed by atoms with Gasteiger partial charge in [0.25, 0.3) is 0 Å². The number of nitrogens with two attached hydrogens (primary N) is 1. The zero-order valence-corrected chi connectivity index (χ0v) is 11.7. The highest BCUT2D eigenvalue weighted by Gasteiger charge is 2.26. The first-order valence-electron chi connectivity index (χ1n) is 5.88. The molecule has 0 bridgehead atoms. The van der Waals surface area contributed by atoms with Crippen LogP contribution in [-0.2, 0) is 6.42 Å². The van der Waals surface area contributed by atoms with Crippen LogP contribution in [0.25, 0.3) is 0 Å². The molecule has 1 aromatic heterocycles. The van der Waals surface area contributed by atoms with Gasteiger partial charge in [0.1, 0.15) is 0 Å². The molecule has 16 heavy (non-hydrogen) atoms. The van der Waals surface area contributed by atoms with Gasteiger partial charge >= 0.3 is 0 Å². The molecular weight excluding hydrogens is 216 g/mol. The van der Waals surface area contributed by atoms with E-state index < -0.39 is 0 Å². The van der Waals surface area contributed by atoms with E-state index in [1.807, 2.05) is 11.3 Å². The quantitative estimate of drug-likeness (QED) is 0.857. The highest BCUT2D eigenvalue weighted by atomic mass is 32.1. The van der Waals surface area contributed by atoms with Gasteiger partial charge in [-0.2, -0.15) is 0 Å². The maximum atomic E-state index is 5.87. The maximum absolute atomic E-state index is 5.87. The minimum Gasteiger partial charge on any atom is -0.329 e. The van der Waals surface area contributed by atoms with E-state index in [0.717, 1.165) is 19.5 Å². The van der Waals surface area contributed by atoms with Gasteiger partial charge < -0.3 is 10.6 Å². The van der Waals surface area contributed by atoms with E-state index in [1.54, 1.807) is 0 Å². The van der Waals surface area contributed by atoms with Crippen molar-refractivity contribution >= 4 is 11.3 Å². The molecular formula is C13H24N2S. The molecule has 92 valence electrons. The molecule has 1 unspecified atom stereocenters. The third-order valence-corrected chi connectivity index (χ3v) is 3.98. The summed E-state index contributed by atoms with van der Waals surface area (Å²) in [6, 6.07) is 4.77. The molecule has 0 aliphatic carbocycles. The molecule has 3 heteroatoms. The summed E-state index contributed by atoms with van der Waals surface area (Å²) in [6.07, 6.45) is 1.13. The Balaban J connectivity index is 2.47. The fourth-order valence-corrected chi connectivity index (χ4v) is 2.79. The largest absolute Gasteiger partial charge is 0.329 e. The van der Waals surface area contributed by atoms with E-state index in [2.05, 4.69) is 50.2 Å². The Kier molecular flexibility index (Phi) is 4.96. The van der Waals surface area contributed by atoms with Crippen LogP contribution in [0.1, 0.15) is 25.6 Å². The lowest BCUT2D eigenvalue weighted by Crippen LogP contribution is -2.47. The third kappa shape index (κ3) is 3.89. The van der Waals surface area contributed by atoms with Crippen molar-refractivity contribution in [3.63, 3.8) is 0 Å². The second-order valence-electron chi connectivity index (χ2n) is 5.43. The minimum absolute atomic E-state index is 0.249. The molecule has 0 amide bonds. The van der Waals surface area contributed by atoms with E-state index >= 15 is 0 Å². The van der Waals surface area contributed by atoms with E-state index in [-0.39, 0.29) is 5.41 Å². The first-order chi connectivity index (χ1) is 7.45. The van der Waals surface area contributed by atoms with Crippen LogP contribution in [0.4, 0.5) is 0 Å². The predicted molar refractivity (Wildman–Crippen MR) is 73.0 cm³/mol. The van der Waals surface area contributed by atoms with Crippen molar-refractivity contribution in [3.8, 4) is 0 Å². The molecule has 2 N–H and O–H groups in total. The van der Waals surface area contributed by atoms with Gasteiger partial charge in [-0.1, -0.05) is 26.8 Å². The van der Waals surface area contributed by atoms with Gasteiger partial charge in [-0.05, 0) is 30.3 Å². The zero-order chi connectivity index (χ0) is 12.2. The molecule has 0 spiro atoms. The smallest absolute Gasteiger partial charge is 0.0263 e. The monoisotopic (exact) mass is 240 g/mol. The van der Waals surface area contributed by atoms with Crippen molar-refractivity contribution in [3.05, 3.63) is 22.4 Å². The molecule has 0 saturated heterocycles. The van der Waals surface area contributed by atoms with Crippen LogP contribution in [0.2, 0.25) is 0 Å². The summed E-state index contributed by atoms with van der Waals surface area (Å²) in [6.45, 7) is 8.58. The van der Waals surface area contributed by atoms with Crippen molar-refractivity contribution in [1.82, 2.24) is 4.90 Å². The van der Waals surface area contributed by atoms with Crippen molar-refractivity contribution in [1.29, 1.82) is 0 Å². The van der Waals surface area contributed by atoms with Crippen LogP contribution < -0.4 is 5.73 Å². The first-order valence-corrected chi connectivity index (χ1v) is 6.76. The molecule has 1 aromatic rings. The summed E-state index contributed by atoms with van der Waals surface area (Å²) in [7, 11) is 2.18. The summed E-state index contributed by atoms with van der Waals surface area (Å²) in [5.74, 6) is 0. The molecule has 0 fully saturated rings. The highest BCUT2D eigenvalue weighted by Crippen LogP contribution is 2.23. The number of likely N-dealkylation sites (N-methyl/N-ethyl adjacent to an activating group) is 1. The molecule has 0 aliphatic rings. The minimum atomic E-state index is 0.249. The van der Waals surface area contributed by atoms with Crippen molar-refractivity contribution in [2.45, 2.75) is 33.2 Å². The standard InChI is InChI=1S/C13H24N2S/c1-13(2,3)12(10-14)15(4)8-7-11-6-5-9-16-11/h5-6,9,12H,7-8,10,14H2,1-4H3. The maximum Gasteiger partial charge on any atom is 0.0263 e. The van der Waals surface area contributed by atoms with E-state index in [4.69, 9.17) is 5.73 Å². The average Bonchev–Trinajstić information content (AvgIpc) is 2.65. The Morgan fingerprint density at radius 3 is 2.56 bits per heavy atom. The Labute approximate surface area is 103 Å². The van der Waals surface area contributed by atoms with Gasteiger partial charge in [-0.25, -0.2) is 0 Å². The van der Waals surface area contributed by atoms with Crippen LogP contribution in [0.5, 0.6) is 0 Å². The number of thiophene rings is 1. The van der Waals surface area contributed by atoms with Gasteiger partial charge in [0.15, 0.2) is 0 Å². The zero-order valence-electron chi connectivity index (χ0n) is 10.9. The fourth-order valence-electron chi connectivity index (χ4n) is 2.09. The molecule has 0 saturated carbocycles. The predicted octanol–water partition coefficient (Wildman–Crippen LogP) is 2.60. The lowest BCUT2D eigenvalue weighted by molar-refractivity contribution is 0.133. The molecule has 0 radical (unpaired) electrons. The van der Waals surface area contributed by atoms with Gasteiger partial charge in [0.05, 0.1) is 0 Å². The van der Waals surface area contributed by atoms with Crippen molar-refractivity contribution in [2.24, 2.45) is 11.1 Å². The molecule has 1 rings (SSSR count). The number of hydrogen-bond donors (Lipinski definition) is 1. The summed E-state index contributed by atoms with van der Waals surface area (Å²) in [4.78, 5) is 3.84. The second-order valence-corrected chi connectivity index (χ2v) is 6.46. The van der Waals surface area contributed by atoms with Crippen LogP contribution in [-0.4, -0.2) is 31.1 Å². The molecule has 2 nitrogen and oxygen atoms in total. The average molecular weight is 240 g/mol. The van der Waals surface area contributed by atoms with Crippen LogP contribution >= 0.6 is 11.3 Å². The Morgan fingerprint density at radius 2 is 2.12 bits per heavy atom. The van der Waals surface area contributed by atoms with E-state index in [9.17, 15) is 0 Å². The van der Waals surface area contributed by atoms with Crippen molar-refractivity contribution < 1.29 is 0 Å². The Morgan fingerprint density at radius 1 is 1.44 bits per heavy atom. The first kappa shape index (κ1) is 13.7. The van der Waals surface area contributed by atoms with Crippen LogP contribution in [0, 0.1) is 5.41 Å². The lowest BCUT2D eigenvalue weighted by Gasteiger charge is -2.37. The summed E-state index contributed by atoms with van der Waals surface area (Å²) in [5.41, 5.74) is 6.12. The topological polar surface area (TPSA) is 29.3 Å². The number of nitrogens with zero attached hydrogens (tertiary/aromatic N) is 1. The lowest BCUT2D eigenvalue weighted by atomic mass is 9.86. The second kappa shape index (κ2) is 5.80. The molecule has 1 atom stereocenters. The highest BCUT2D eigenvalue weighted by molar-refractivity contribution is 7.09. The SMILES string of the molecule is CN(CCc1cccs1)C(CN)C(C)(C)C. The van der Waals surface area contributed by atoms with Gasteiger partial charge in [-0.15, -0.1) is 11.3 Å². The van der Waals surface area contributed by atoms with Crippen LogP contribution in [0.15, 0.2) is 17.5 Å². The number of rotatable bonds is 5. The van der Waals surface area contributed by atoms with Crippen LogP contribution in [0.3, 0.4) is 0 Å². The molecule has 0 aliphatic heterocycles. The van der Waals surface area contributed by atoms with Crippen molar-refractivity contribution in [2.75, 3.05) is 20.1 Å². The normalized spacial score (nSPS) is 14.4. The van der Waals surface area contributed by atoms with E-state index in [1.165, 1.54) is 4.88 Å². The summed E-state index contributed by atoms with van der Waals surface area (Å²) in [5, 5.41) is 2.14. The molecule has 0 aromatic carbocycles. The van der Waals surface area contributed by atoms with Gasteiger partial charge in [-0.3, -0.25) is 0 Å². The fraction of sp³-hybridized carbons (Fsp3) is 0.692. The molecule has 1 heterocycles. The third-order valence-electron chi connectivity index (χ3n) is 3.05. The number of hydrogen-bond acceptors (Lipinski definition) is 3. The Hall–Kier alpha value is -0.380. The van der Waals surface area contributed by atoms with Gasteiger partial charge in [0.2, 0.25) is 0 Å².